The van der Waals surface area contributed by atoms with Crippen LogP contribution in [0.2, 0.25) is 0 Å². The summed E-state index contributed by atoms with van der Waals surface area (Å²) in [4.78, 5) is 9.21. The molecular formula is C18H25N3. The summed E-state index contributed by atoms with van der Waals surface area (Å²) in [5.41, 5.74) is 4.62. The van der Waals surface area contributed by atoms with E-state index >= 15 is 0 Å². The maximum absolute atomic E-state index is 4.67. The summed E-state index contributed by atoms with van der Waals surface area (Å²) in [6, 6.07) is 8.82. The third kappa shape index (κ3) is 3.67. The van der Waals surface area contributed by atoms with E-state index in [-0.39, 0.29) is 6.04 Å². The van der Waals surface area contributed by atoms with Gasteiger partial charge in [0.1, 0.15) is 0 Å². The minimum atomic E-state index is 0.285. The lowest BCUT2D eigenvalue weighted by Crippen LogP contribution is -2.19. The predicted molar refractivity (Wildman–Crippen MR) is 88.4 cm³/mol. The fourth-order valence-electron chi connectivity index (χ4n) is 2.47. The maximum Gasteiger partial charge on any atom is 0.159 e. The van der Waals surface area contributed by atoms with Gasteiger partial charge in [-0.1, -0.05) is 45.0 Å². The Morgan fingerprint density at radius 3 is 2.29 bits per heavy atom. The second-order valence-electron chi connectivity index (χ2n) is 5.79. The van der Waals surface area contributed by atoms with Crippen LogP contribution in [0, 0.1) is 6.92 Å². The second kappa shape index (κ2) is 6.81. The molecule has 1 aromatic heterocycles. The molecule has 112 valence electrons. The summed E-state index contributed by atoms with van der Waals surface area (Å²) in [5, 5.41) is 3.40. The summed E-state index contributed by atoms with van der Waals surface area (Å²) in [6.45, 7) is 11.7. The van der Waals surface area contributed by atoms with E-state index in [0.29, 0.717) is 5.92 Å². The largest absolute Gasteiger partial charge is 0.310 e. The summed E-state index contributed by atoms with van der Waals surface area (Å²) in [5.74, 6) is 1.35. The van der Waals surface area contributed by atoms with Crippen molar-refractivity contribution in [2.24, 2.45) is 0 Å². The topological polar surface area (TPSA) is 37.8 Å². The van der Waals surface area contributed by atoms with Crippen molar-refractivity contribution < 1.29 is 0 Å². The molecule has 0 saturated heterocycles. The number of benzene rings is 1. The van der Waals surface area contributed by atoms with E-state index in [1.165, 1.54) is 11.1 Å². The van der Waals surface area contributed by atoms with Gasteiger partial charge < -0.3 is 5.32 Å². The van der Waals surface area contributed by atoms with E-state index in [4.69, 9.17) is 0 Å². The highest BCUT2D eigenvalue weighted by Gasteiger charge is 2.11. The quantitative estimate of drug-likeness (QED) is 0.891. The highest BCUT2D eigenvalue weighted by atomic mass is 14.9. The second-order valence-corrected chi connectivity index (χ2v) is 5.79. The SMILES string of the molecule is CCNC(C)c1cnc(-c2ccc(C(C)C)cc2)nc1C. The van der Waals surface area contributed by atoms with Crippen molar-refractivity contribution in [2.75, 3.05) is 6.54 Å². The summed E-state index contributed by atoms with van der Waals surface area (Å²) < 4.78 is 0. The average molecular weight is 283 g/mol. The highest BCUT2D eigenvalue weighted by molar-refractivity contribution is 5.55. The molecule has 3 nitrogen and oxygen atoms in total. The van der Waals surface area contributed by atoms with Crippen molar-refractivity contribution in [2.45, 2.75) is 46.6 Å². The third-order valence-corrected chi connectivity index (χ3v) is 3.83. The standard InChI is InChI=1S/C18H25N3/c1-6-19-13(4)17-11-20-18(21-14(17)5)16-9-7-15(8-10-16)12(2)3/h7-13,19H,6H2,1-5H3. The minimum absolute atomic E-state index is 0.285. The van der Waals surface area contributed by atoms with Crippen LogP contribution in [0.15, 0.2) is 30.5 Å². The number of hydrogen-bond acceptors (Lipinski definition) is 3. The van der Waals surface area contributed by atoms with Crippen LogP contribution in [-0.2, 0) is 0 Å². The molecule has 0 radical (unpaired) electrons. The molecule has 2 rings (SSSR count). The lowest BCUT2D eigenvalue weighted by molar-refractivity contribution is 0.590. The van der Waals surface area contributed by atoms with Crippen LogP contribution in [-0.4, -0.2) is 16.5 Å². The normalized spacial score (nSPS) is 12.7. The molecule has 1 N–H and O–H groups in total. The molecule has 1 heterocycles. The van der Waals surface area contributed by atoms with Crippen LogP contribution < -0.4 is 5.32 Å². The number of rotatable bonds is 5. The van der Waals surface area contributed by atoms with E-state index in [0.717, 1.165) is 23.6 Å². The van der Waals surface area contributed by atoms with Crippen molar-refractivity contribution in [1.29, 1.82) is 0 Å². The van der Waals surface area contributed by atoms with Gasteiger partial charge in [0, 0.05) is 29.1 Å². The van der Waals surface area contributed by atoms with Crippen molar-refractivity contribution in [1.82, 2.24) is 15.3 Å². The van der Waals surface area contributed by atoms with E-state index in [1.54, 1.807) is 0 Å². The van der Waals surface area contributed by atoms with Gasteiger partial charge in [0.15, 0.2) is 5.82 Å². The zero-order chi connectivity index (χ0) is 15.4. The van der Waals surface area contributed by atoms with Gasteiger partial charge in [-0.05, 0) is 31.9 Å². The third-order valence-electron chi connectivity index (χ3n) is 3.83. The fourth-order valence-corrected chi connectivity index (χ4v) is 2.47. The van der Waals surface area contributed by atoms with E-state index in [9.17, 15) is 0 Å². The predicted octanol–water partition coefficient (Wildman–Crippen LogP) is 4.25. The van der Waals surface area contributed by atoms with E-state index in [1.807, 2.05) is 6.20 Å². The summed E-state index contributed by atoms with van der Waals surface area (Å²) in [6.07, 6.45) is 1.95. The summed E-state index contributed by atoms with van der Waals surface area (Å²) in [7, 11) is 0. The first-order valence-electron chi connectivity index (χ1n) is 7.70. The molecular weight excluding hydrogens is 258 g/mol. The van der Waals surface area contributed by atoms with Crippen LogP contribution in [0.1, 0.15) is 56.5 Å². The molecule has 1 aromatic carbocycles. The lowest BCUT2D eigenvalue weighted by atomic mass is 10.0. The van der Waals surface area contributed by atoms with Crippen LogP contribution in [0.4, 0.5) is 0 Å². The first-order chi connectivity index (χ1) is 10.0. The van der Waals surface area contributed by atoms with E-state index < -0.39 is 0 Å². The van der Waals surface area contributed by atoms with Gasteiger partial charge in [0.2, 0.25) is 0 Å². The van der Waals surface area contributed by atoms with Gasteiger partial charge in [0.25, 0.3) is 0 Å². The van der Waals surface area contributed by atoms with E-state index in [2.05, 4.69) is 74.2 Å². The van der Waals surface area contributed by atoms with Crippen molar-refractivity contribution in [3.8, 4) is 11.4 Å². The average Bonchev–Trinajstić information content (AvgIpc) is 2.47. The van der Waals surface area contributed by atoms with Crippen LogP contribution in [0.3, 0.4) is 0 Å². The molecule has 0 fully saturated rings. The number of aryl methyl sites for hydroxylation is 1. The monoisotopic (exact) mass is 283 g/mol. The van der Waals surface area contributed by atoms with Gasteiger partial charge >= 0.3 is 0 Å². The molecule has 0 aliphatic heterocycles. The fraction of sp³-hybridized carbons (Fsp3) is 0.444. The molecule has 1 atom stereocenters. The van der Waals surface area contributed by atoms with Crippen LogP contribution >= 0.6 is 0 Å². The van der Waals surface area contributed by atoms with Crippen molar-refractivity contribution in [3.05, 3.63) is 47.3 Å². The number of aromatic nitrogens is 2. The smallest absolute Gasteiger partial charge is 0.159 e. The Labute approximate surface area is 127 Å². The van der Waals surface area contributed by atoms with Crippen molar-refractivity contribution in [3.63, 3.8) is 0 Å². The molecule has 3 heteroatoms. The Morgan fingerprint density at radius 2 is 1.76 bits per heavy atom. The minimum Gasteiger partial charge on any atom is -0.310 e. The zero-order valence-corrected chi connectivity index (χ0v) is 13.6. The van der Waals surface area contributed by atoms with Gasteiger partial charge in [-0.2, -0.15) is 0 Å². The van der Waals surface area contributed by atoms with Gasteiger partial charge in [-0.15, -0.1) is 0 Å². The Bertz CT molecular complexity index is 588. The molecule has 1 unspecified atom stereocenters. The number of nitrogens with one attached hydrogen (secondary N) is 1. The maximum atomic E-state index is 4.67. The molecule has 2 aromatic rings. The Hall–Kier alpha value is -1.74. The first kappa shape index (κ1) is 15.6. The Morgan fingerprint density at radius 1 is 1.10 bits per heavy atom. The highest BCUT2D eigenvalue weighted by Crippen LogP contribution is 2.22. The Kier molecular flexibility index (Phi) is 5.07. The molecule has 21 heavy (non-hydrogen) atoms. The van der Waals surface area contributed by atoms with Gasteiger partial charge in [0.05, 0.1) is 0 Å². The lowest BCUT2D eigenvalue weighted by Gasteiger charge is -2.15. The van der Waals surface area contributed by atoms with Gasteiger partial charge in [-0.3, -0.25) is 0 Å². The number of hydrogen-bond donors (Lipinski definition) is 1. The summed E-state index contributed by atoms with van der Waals surface area (Å²) >= 11 is 0. The molecule has 0 bridgehead atoms. The zero-order valence-electron chi connectivity index (χ0n) is 13.6. The van der Waals surface area contributed by atoms with Crippen LogP contribution in [0.25, 0.3) is 11.4 Å². The molecule has 0 saturated carbocycles. The number of nitrogens with zero attached hydrogens (tertiary/aromatic N) is 2. The molecule has 0 amide bonds. The molecule has 0 spiro atoms. The molecule has 0 aliphatic carbocycles. The first-order valence-corrected chi connectivity index (χ1v) is 7.70. The van der Waals surface area contributed by atoms with Crippen molar-refractivity contribution >= 4 is 0 Å². The Balaban J connectivity index is 2.27. The molecule has 0 aliphatic rings. The van der Waals surface area contributed by atoms with Gasteiger partial charge in [-0.25, -0.2) is 9.97 Å². The van der Waals surface area contributed by atoms with Crippen LogP contribution in [0.5, 0.6) is 0 Å².